The van der Waals surface area contributed by atoms with Crippen LogP contribution in [0, 0.1) is 11.3 Å². The standard InChI is InChI=1S/C8H10N4O3S/c9-5-7-6-12(3-4-15-7)16(13,14)8-1-2-10-11-8/h1-2,7H,3-4,6H2,(H,10,11). The lowest BCUT2D eigenvalue weighted by molar-refractivity contribution is 0.0310. The van der Waals surface area contributed by atoms with E-state index in [1.165, 1.54) is 16.6 Å². The number of aromatic amines is 1. The number of hydrogen-bond donors (Lipinski definition) is 1. The third-order valence-electron chi connectivity index (χ3n) is 2.27. The maximum atomic E-state index is 12.0. The molecule has 7 nitrogen and oxygen atoms in total. The number of ether oxygens (including phenoxy) is 1. The van der Waals surface area contributed by atoms with Gasteiger partial charge in [0.05, 0.1) is 25.4 Å². The number of aromatic nitrogens is 2. The van der Waals surface area contributed by atoms with Gasteiger partial charge in [0.1, 0.15) is 0 Å². The highest BCUT2D eigenvalue weighted by Gasteiger charge is 2.31. The summed E-state index contributed by atoms with van der Waals surface area (Å²) in [5.41, 5.74) is 0. The van der Waals surface area contributed by atoms with E-state index < -0.39 is 16.1 Å². The molecule has 0 aromatic carbocycles. The van der Waals surface area contributed by atoms with Crippen molar-refractivity contribution in [3.8, 4) is 6.07 Å². The molecule has 1 N–H and O–H groups in total. The van der Waals surface area contributed by atoms with Crippen molar-refractivity contribution in [2.24, 2.45) is 0 Å². The molecular weight excluding hydrogens is 232 g/mol. The van der Waals surface area contributed by atoms with Crippen molar-refractivity contribution in [3.05, 3.63) is 12.3 Å². The molecule has 0 bridgehead atoms. The smallest absolute Gasteiger partial charge is 0.260 e. The summed E-state index contributed by atoms with van der Waals surface area (Å²) in [5, 5.41) is 14.7. The van der Waals surface area contributed by atoms with E-state index >= 15 is 0 Å². The zero-order chi connectivity index (χ0) is 11.6. The van der Waals surface area contributed by atoms with E-state index in [4.69, 9.17) is 10.00 Å². The van der Waals surface area contributed by atoms with Gasteiger partial charge in [0, 0.05) is 6.54 Å². The molecule has 1 aliphatic heterocycles. The Bertz CT molecular complexity index is 490. The van der Waals surface area contributed by atoms with Crippen molar-refractivity contribution in [2.45, 2.75) is 11.1 Å². The second-order valence-electron chi connectivity index (χ2n) is 3.27. The molecule has 1 aromatic rings. The fourth-order valence-electron chi connectivity index (χ4n) is 1.45. The van der Waals surface area contributed by atoms with E-state index in [1.807, 2.05) is 6.07 Å². The van der Waals surface area contributed by atoms with Gasteiger partial charge in [-0.15, -0.1) is 0 Å². The van der Waals surface area contributed by atoms with Crippen LogP contribution in [0.2, 0.25) is 0 Å². The lowest BCUT2D eigenvalue weighted by atomic mass is 10.3. The summed E-state index contributed by atoms with van der Waals surface area (Å²) in [7, 11) is -3.58. The largest absolute Gasteiger partial charge is 0.361 e. The summed E-state index contributed by atoms with van der Waals surface area (Å²) in [6.45, 7) is 0.531. The van der Waals surface area contributed by atoms with Crippen LogP contribution in [0.25, 0.3) is 0 Å². The van der Waals surface area contributed by atoms with Crippen molar-refractivity contribution < 1.29 is 13.2 Å². The van der Waals surface area contributed by atoms with Gasteiger partial charge < -0.3 is 4.74 Å². The number of nitrogens with zero attached hydrogens (tertiary/aromatic N) is 3. The van der Waals surface area contributed by atoms with Gasteiger partial charge >= 0.3 is 0 Å². The van der Waals surface area contributed by atoms with Crippen LogP contribution < -0.4 is 0 Å². The van der Waals surface area contributed by atoms with Crippen LogP contribution in [0.1, 0.15) is 0 Å². The fraction of sp³-hybridized carbons (Fsp3) is 0.500. The molecule has 1 saturated heterocycles. The molecule has 16 heavy (non-hydrogen) atoms. The first-order valence-corrected chi connectivity index (χ1v) is 6.09. The predicted molar refractivity (Wildman–Crippen MR) is 52.7 cm³/mol. The van der Waals surface area contributed by atoms with E-state index in [0.717, 1.165) is 0 Å². The molecule has 0 aliphatic carbocycles. The first-order valence-electron chi connectivity index (χ1n) is 4.65. The maximum absolute atomic E-state index is 12.0. The minimum atomic E-state index is -3.58. The third-order valence-corrected chi connectivity index (χ3v) is 4.06. The molecule has 2 rings (SSSR count). The molecule has 1 fully saturated rings. The van der Waals surface area contributed by atoms with Crippen molar-refractivity contribution in [1.82, 2.24) is 14.5 Å². The summed E-state index contributed by atoms with van der Waals surface area (Å²) in [6.07, 6.45) is 0.668. The number of rotatable bonds is 2. The molecule has 1 aliphatic rings. The Morgan fingerprint density at radius 2 is 2.50 bits per heavy atom. The zero-order valence-electron chi connectivity index (χ0n) is 8.33. The average Bonchev–Trinajstić information content (AvgIpc) is 2.83. The van der Waals surface area contributed by atoms with Crippen LogP contribution in [0.3, 0.4) is 0 Å². The lowest BCUT2D eigenvalue weighted by Gasteiger charge is -2.28. The first kappa shape index (κ1) is 11.1. The maximum Gasteiger partial charge on any atom is 0.260 e. The molecule has 0 amide bonds. The minimum Gasteiger partial charge on any atom is -0.361 e. The van der Waals surface area contributed by atoms with E-state index in [1.54, 1.807) is 0 Å². The minimum absolute atomic E-state index is 0.0334. The zero-order valence-corrected chi connectivity index (χ0v) is 9.14. The Morgan fingerprint density at radius 3 is 3.12 bits per heavy atom. The van der Waals surface area contributed by atoms with Crippen LogP contribution >= 0.6 is 0 Å². The number of sulfonamides is 1. The van der Waals surface area contributed by atoms with Gasteiger partial charge in [0.15, 0.2) is 11.1 Å². The summed E-state index contributed by atoms with van der Waals surface area (Å²) in [5.74, 6) is 0. The van der Waals surface area contributed by atoms with Crippen LogP contribution in [0.5, 0.6) is 0 Å². The molecule has 1 atom stereocenters. The number of hydrogen-bond acceptors (Lipinski definition) is 5. The molecule has 0 saturated carbocycles. The number of nitrogens with one attached hydrogen (secondary N) is 1. The number of morpholine rings is 1. The van der Waals surface area contributed by atoms with Crippen molar-refractivity contribution in [3.63, 3.8) is 0 Å². The molecular formula is C8H10N4O3S. The molecule has 86 valence electrons. The fourth-order valence-corrected chi connectivity index (χ4v) is 2.77. The monoisotopic (exact) mass is 242 g/mol. The van der Waals surface area contributed by atoms with E-state index in [9.17, 15) is 8.42 Å². The van der Waals surface area contributed by atoms with Crippen molar-refractivity contribution in [2.75, 3.05) is 19.7 Å². The molecule has 8 heteroatoms. The SMILES string of the molecule is N#CC1CN(S(=O)(=O)c2ccn[nH]2)CCO1. The van der Waals surface area contributed by atoms with Gasteiger partial charge in [-0.25, -0.2) is 8.42 Å². The Hall–Kier alpha value is -1.43. The van der Waals surface area contributed by atoms with Crippen molar-refractivity contribution >= 4 is 10.0 Å². The number of H-pyrrole nitrogens is 1. The summed E-state index contributed by atoms with van der Waals surface area (Å²) >= 11 is 0. The second kappa shape index (κ2) is 4.21. The molecule has 0 radical (unpaired) electrons. The van der Waals surface area contributed by atoms with Crippen molar-refractivity contribution in [1.29, 1.82) is 5.26 Å². The lowest BCUT2D eigenvalue weighted by Crippen LogP contribution is -2.45. The van der Waals surface area contributed by atoms with Gasteiger partial charge in [-0.2, -0.15) is 14.7 Å². The Morgan fingerprint density at radius 1 is 1.69 bits per heavy atom. The highest BCUT2D eigenvalue weighted by atomic mass is 32.2. The van der Waals surface area contributed by atoms with E-state index in [-0.39, 0.29) is 24.7 Å². The first-order chi connectivity index (χ1) is 7.64. The van der Waals surface area contributed by atoms with E-state index in [0.29, 0.717) is 0 Å². The Balaban J connectivity index is 2.22. The van der Waals surface area contributed by atoms with Crippen LogP contribution in [0.4, 0.5) is 0 Å². The second-order valence-corrected chi connectivity index (χ2v) is 5.18. The molecule has 1 unspecified atom stereocenters. The third kappa shape index (κ3) is 1.92. The summed E-state index contributed by atoms with van der Waals surface area (Å²) < 4.78 is 30.3. The average molecular weight is 242 g/mol. The molecule has 1 aromatic heterocycles. The summed E-state index contributed by atoms with van der Waals surface area (Å²) in [4.78, 5) is 0. The Kier molecular flexibility index (Phi) is 2.91. The van der Waals surface area contributed by atoms with E-state index in [2.05, 4.69) is 10.2 Å². The quantitative estimate of drug-likeness (QED) is 0.741. The van der Waals surface area contributed by atoms with Gasteiger partial charge in [0.25, 0.3) is 10.0 Å². The normalized spacial score (nSPS) is 22.8. The van der Waals surface area contributed by atoms with Crippen LogP contribution in [0.15, 0.2) is 17.3 Å². The molecule has 0 spiro atoms. The Labute approximate surface area is 92.7 Å². The highest BCUT2D eigenvalue weighted by molar-refractivity contribution is 7.89. The highest BCUT2D eigenvalue weighted by Crippen LogP contribution is 2.15. The van der Waals surface area contributed by atoms with Crippen LogP contribution in [-0.2, 0) is 14.8 Å². The predicted octanol–water partition coefficient (Wildman–Crippen LogP) is -0.677. The number of nitriles is 1. The van der Waals surface area contributed by atoms with Gasteiger partial charge in [-0.05, 0) is 6.07 Å². The van der Waals surface area contributed by atoms with Gasteiger partial charge in [0.2, 0.25) is 0 Å². The van der Waals surface area contributed by atoms with Gasteiger partial charge in [-0.3, -0.25) is 5.10 Å². The van der Waals surface area contributed by atoms with Gasteiger partial charge in [-0.1, -0.05) is 0 Å². The topological polar surface area (TPSA) is 99.1 Å². The molecule has 2 heterocycles. The summed E-state index contributed by atoms with van der Waals surface area (Å²) in [6, 6.07) is 3.28. The van der Waals surface area contributed by atoms with Crippen LogP contribution in [-0.4, -0.2) is 48.7 Å².